The number of piperidine rings is 1. The van der Waals surface area contributed by atoms with Gasteiger partial charge in [-0.15, -0.1) is 5.10 Å². The van der Waals surface area contributed by atoms with Gasteiger partial charge in [0.05, 0.1) is 23.3 Å². The molecule has 33 heavy (non-hydrogen) atoms. The quantitative estimate of drug-likeness (QED) is 0.467. The van der Waals surface area contributed by atoms with E-state index in [0.29, 0.717) is 24.4 Å². The molecule has 4 aromatic rings. The maximum Gasteiger partial charge on any atom is 0.246 e. The third-order valence-electron chi connectivity index (χ3n) is 5.86. The number of nitrogen functional groups attached to an aromatic ring is 1. The number of aromatic nitrogens is 4. The van der Waals surface area contributed by atoms with E-state index in [4.69, 9.17) is 15.6 Å². The second-order valence-electron chi connectivity index (χ2n) is 8.02. The first-order valence-electron chi connectivity index (χ1n) is 10.9. The predicted octanol–water partition coefficient (Wildman–Crippen LogP) is 4.22. The molecule has 1 aliphatic heterocycles. The highest BCUT2D eigenvalue weighted by Crippen LogP contribution is 2.35. The Hall–Kier alpha value is -4.20. The zero-order chi connectivity index (χ0) is 22.8. The average molecular weight is 441 g/mol. The fourth-order valence-electron chi connectivity index (χ4n) is 4.24. The van der Waals surface area contributed by atoms with Gasteiger partial charge in [0, 0.05) is 18.7 Å². The van der Waals surface area contributed by atoms with Crippen molar-refractivity contribution in [3.8, 4) is 22.8 Å². The van der Waals surface area contributed by atoms with E-state index in [-0.39, 0.29) is 11.9 Å². The smallest absolute Gasteiger partial charge is 0.246 e. The minimum Gasteiger partial charge on any atom is -0.457 e. The summed E-state index contributed by atoms with van der Waals surface area (Å²) in [5.41, 5.74) is 9.07. The lowest BCUT2D eigenvalue weighted by Crippen LogP contribution is -2.40. The molecule has 2 aromatic heterocycles. The van der Waals surface area contributed by atoms with E-state index in [1.165, 1.54) is 6.08 Å². The molecule has 1 unspecified atom stereocenters. The Bertz CT molecular complexity index is 1300. The number of para-hydroxylation sites is 1. The van der Waals surface area contributed by atoms with Gasteiger partial charge in [0.15, 0.2) is 5.65 Å². The first kappa shape index (κ1) is 20.7. The van der Waals surface area contributed by atoms with Crippen LogP contribution in [0, 0.1) is 0 Å². The van der Waals surface area contributed by atoms with E-state index in [1.807, 2.05) is 59.3 Å². The van der Waals surface area contributed by atoms with Gasteiger partial charge in [-0.2, -0.15) is 10.2 Å². The molecule has 2 aromatic carbocycles. The SMILES string of the molecule is C=CC(=O)N1CCCC(n2nc(-c3ccc(Oc4ccccc4)cc3)c3c(N)cnnc32)C1. The van der Waals surface area contributed by atoms with Crippen LogP contribution in [0.3, 0.4) is 0 Å². The number of anilines is 1. The van der Waals surface area contributed by atoms with Crippen molar-refractivity contribution in [2.75, 3.05) is 18.8 Å². The number of ether oxygens (including phenoxy) is 1. The molecule has 0 spiro atoms. The summed E-state index contributed by atoms with van der Waals surface area (Å²) in [4.78, 5) is 14.0. The normalized spacial score (nSPS) is 16.0. The van der Waals surface area contributed by atoms with Gasteiger partial charge in [-0.05, 0) is 55.3 Å². The van der Waals surface area contributed by atoms with Crippen molar-refractivity contribution in [1.82, 2.24) is 24.9 Å². The van der Waals surface area contributed by atoms with Crippen LogP contribution >= 0.6 is 0 Å². The first-order chi connectivity index (χ1) is 16.1. The van der Waals surface area contributed by atoms with Crippen LogP contribution in [-0.2, 0) is 4.79 Å². The lowest BCUT2D eigenvalue weighted by atomic mass is 10.1. The molecule has 0 radical (unpaired) electrons. The van der Waals surface area contributed by atoms with Crippen LogP contribution in [0.15, 0.2) is 73.4 Å². The summed E-state index contributed by atoms with van der Waals surface area (Å²) in [6, 6.07) is 17.3. The Morgan fingerprint density at radius 2 is 1.88 bits per heavy atom. The first-order valence-corrected chi connectivity index (χ1v) is 10.9. The summed E-state index contributed by atoms with van der Waals surface area (Å²) < 4.78 is 7.77. The van der Waals surface area contributed by atoms with Crippen LogP contribution in [0.25, 0.3) is 22.3 Å². The van der Waals surface area contributed by atoms with Crippen LogP contribution in [-0.4, -0.2) is 43.9 Å². The highest BCUT2D eigenvalue weighted by Gasteiger charge is 2.28. The van der Waals surface area contributed by atoms with Crippen LogP contribution in [0.1, 0.15) is 18.9 Å². The molecule has 5 rings (SSSR count). The van der Waals surface area contributed by atoms with E-state index in [9.17, 15) is 4.79 Å². The van der Waals surface area contributed by atoms with Crippen molar-refractivity contribution in [1.29, 1.82) is 0 Å². The number of hydrogen-bond donors (Lipinski definition) is 1. The number of benzene rings is 2. The molecule has 1 amide bonds. The monoisotopic (exact) mass is 440 g/mol. The molecule has 0 saturated carbocycles. The van der Waals surface area contributed by atoms with E-state index in [0.717, 1.165) is 41.0 Å². The molecule has 1 atom stereocenters. The number of likely N-dealkylation sites (tertiary alicyclic amines) is 1. The Kier molecular flexibility index (Phi) is 5.48. The molecule has 8 heteroatoms. The van der Waals surface area contributed by atoms with Crippen molar-refractivity contribution in [3.05, 3.63) is 73.4 Å². The van der Waals surface area contributed by atoms with Crippen molar-refractivity contribution in [2.45, 2.75) is 18.9 Å². The van der Waals surface area contributed by atoms with Gasteiger partial charge >= 0.3 is 0 Å². The minimum absolute atomic E-state index is 0.0179. The van der Waals surface area contributed by atoms with Gasteiger partial charge in [0.25, 0.3) is 0 Å². The van der Waals surface area contributed by atoms with E-state index < -0.39 is 0 Å². The summed E-state index contributed by atoms with van der Waals surface area (Å²) >= 11 is 0. The maximum atomic E-state index is 12.2. The van der Waals surface area contributed by atoms with Crippen LogP contribution in [0.2, 0.25) is 0 Å². The summed E-state index contributed by atoms with van der Waals surface area (Å²) in [7, 11) is 0. The number of rotatable bonds is 5. The van der Waals surface area contributed by atoms with Crippen molar-refractivity contribution >= 4 is 22.6 Å². The molecule has 3 heterocycles. The van der Waals surface area contributed by atoms with Gasteiger partial charge in [0.2, 0.25) is 5.91 Å². The van der Waals surface area contributed by atoms with E-state index in [1.54, 1.807) is 11.1 Å². The molecule has 166 valence electrons. The second-order valence-corrected chi connectivity index (χ2v) is 8.02. The van der Waals surface area contributed by atoms with Crippen LogP contribution < -0.4 is 10.5 Å². The molecule has 1 fully saturated rings. The fourth-order valence-corrected chi connectivity index (χ4v) is 4.24. The molecular formula is C25H24N6O2. The number of hydrogen-bond acceptors (Lipinski definition) is 6. The van der Waals surface area contributed by atoms with E-state index >= 15 is 0 Å². The third kappa shape index (κ3) is 4.03. The Morgan fingerprint density at radius 1 is 1.12 bits per heavy atom. The van der Waals surface area contributed by atoms with Crippen molar-refractivity contribution < 1.29 is 9.53 Å². The molecular weight excluding hydrogens is 416 g/mol. The average Bonchev–Trinajstić information content (AvgIpc) is 3.26. The molecule has 2 N–H and O–H groups in total. The summed E-state index contributed by atoms with van der Waals surface area (Å²) in [5, 5.41) is 14.1. The van der Waals surface area contributed by atoms with Crippen molar-refractivity contribution in [2.24, 2.45) is 0 Å². The van der Waals surface area contributed by atoms with Gasteiger partial charge in [0.1, 0.15) is 17.2 Å². The number of carbonyl (C=O) groups excluding carboxylic acids is 1. The lowest BCUT2D eigenvalue weighted by molar-refractivity contribution is -0.127. The van der Waals surface area contributed by atoms with Crippen molar-refractivity contribution in [3.63, 3.8) is 0 Å². The summed E-state index contributed by atoms with van der Waals surface area (Å²) in [5.74, 6) is 1.43. The Labute approximate surface area is 191 Å². The standard InChI is InChI=1S/C25H24N6O2/c1-2-22(32)30-14-6-7-18(16-30)31-25-23(21(26)15-27-28-25)24(29-31)17-10-12-20(13-11-17)33-19-8-4-3-5-9-19/h2-5,8-13,15,18H,1,6-7,14,16H2,(H2,26,28). The molecule has 8 nitrogen and oxygen atoms in total. The minimum atomic E-state index is -0.0732. The lowest BCUT2D eigenvalue weighted by Gasteiger charge is -2.32. The van der Waals surface area contributed by atoms with Crippen LogP contribution in [0.4, 0.5) is 5.69 Å². The van der Waals surface area contributed by atoms with Gasteiger partial charge in [-0.1, -0.05) is 24.8 Å². The number of carbonyl (C=O) groups is 1. The topological polar surface area (TPSA) is 99.2 Å². The van der Waals surface area contributed by atoms with Gasteiger partial charge in [-0.25, -0.2) is 4.68 Å². The number of nitrogens with two attached hydrogens (primary N) is 1. The van der Waals surface area contributed by atoms with Crippen LogP contribution in [0.5, 0.6) is 11.5 Å². The zero-order valence-corrected chi connectivity index (χ0v) is 18.1. The maximum absolute atomic E-state index is 12.2. The molecule has 1 saturated heterocycles. The Balaban J connectivity index is 1.50. The third-order valence-corrected chi connectivity index (χ3v) is 5.86. The fraction of sp³-hybridized carbons (Fsp3) is 0.200. The zero-order valence-electron chi connectivity index (χ0n) is 18.1. The number of amides is 1. The van der Waals surface area contributed by atoms with E-state index in [2.05, 4.69) is 16.8 Å². The highest BCUT2D eigenvalue weighted by molar-refractivity contribution is 5.99. The summed E-state index contributed by atoms with van der Waals surface area (Å²) in [6.45, 7) is 4.87. The van der Waals surface area contributed by atoms with Gasteiger partial charge < -0.3 is 15.4 Å². The summed E-state index contributed by atoms with van der Waals surface area (Å²) in [6.07, 6.45) is 4.66. The second kappa shape index (κ2) is 8.74. The Morgan fingerprint density at radius 3 is 2.64 bits per heavy atom. The predicted molar refractivity (Wildman–Crippen MR) is 127 cm³/mol. The molecule has 0 aliphatic carbocycles. The number of fused-ring (bicyclic) bond motifs is 1. The highest BCUT2D eigenvalue weighted by atomic mass is 16.5. The number of nitrogens with zero attached hydrogens (tertiary/aromatic N) is 5. The largest absolute Gasteiger partial charge is 0.457 e. The van der Waals surface area contributed by atoms with Gasteiger partial charge in [-0.3, -0.25) is 4.79 Å². The molecule has 1 aliphatic rings. The molecule has 0 bridgehead atoms.